The molecule has 1 heterocycles. The van der Waals surface area contributed by atoms with Crippen molar-refractivity contribution in [3.05, 3.63) is 0 Å². The van der Waals surface area contributed by atoms with E-state index in [0.717, 1.165) is 0 Å². The third-order valence-electron chi connectivity index (χ3n) is 2.87. The Morgan fingerprint density at radius 2 is 1.89 bits per heavy atom. The number of nitrogens with zero attached hydrogens (tertiary/aromatic N) is 1. The highest BCUT2D eigenvalue weighted by Crippen LogP contribution is 2.14. The van der Waals surface area contributed by atoms with Crippen LogP contribution in [-0.2, 0) is 14.8 Å². The number of rotatable bonds is 6. The molecular formula is C10H19F3N2O3S. The summed E-state index contributed by atoms with van der Waals surface area (Å²) in [5.74, 6) is 0. The largest absolute Gasteiger partial charge is 0.411 e. The topological polar surface area (TPSA) is 58.6 Å². The maximum atomic E-state index is 11.8. The third-order valence-corrected chi connectivity index (χ3v) is 4.17. The minimum atomic E-state index is -4.29. The maximum Gasteiger partial charge on any atom is 0.411 e. The summed E-state index contributed by atoms with van der Waals surface area (Å²) < 4.78 is 63.8. The lowest BCUT2D eigenvalue weighted by atomic mass is 10.1. The molecule has 0 amide bonds. The second kappa shape index (κ2) is 6.87. The van der Waals surface area contributed by atoms with Gasteiger partial charge in [-0.15, -0.1) is 0 Å². The molecule has 1 saturated heterocycles. The van der Waals surface area contributed by atoms with Crippen LogP contribution in [0.25, 0.3) is 0 Å². The molecule has 0 aromatic heterocycles. The normalized spacial score (nSPS) is 19.8. The fraction of sp³-hybridized carbons (Fsp3) is 1.00. The lowest BCUT2D eigenvalue weighted by Crippen LogP contribution is -2.45. The van der Waals surface area contributed by atoms with E-state index >= 15 is 0 Å². The van der Waals surface area contributed by atoms with Crippen molar-refractivity contribution in [3.8, 4) is 0 Å². The van der Waals surface area contributed by atoms with Crippen LogP contribution in [0, 0.1) is 0 Å². The van der Waals surface area contributed by atoms with E-state index in [-0.39, 0.29) is 12.6 Å². The lowest BCUT2D eigenvalue weighted by Gasteiger charge is -2.30. The molecule has 0 bridgehead atoms. The van der Waals surface area contributed by atoms with Crippen LogP contribution in [0.2, 0.25) is 0 Å². The Kier molecular flexibility index (Phi) is 6.03. The van der Waals surface area contributed by atoms with Gasteiger partial charge in [0.2, 0.25) is 10.0 Å². The number of hydrogen-bond donors (Lipinski definition) is 1. The summed E-state index contributed by atoms with van der Waals surface area (Å²) in [5, 5.41) is 3.07. The highest BCUT2D eigenvalue weighted by molar-refractivity contribution is 7.88. The van der Waals surface area contributed by atoms with Crippen LogP contribution in [0.4, 0.5) is 13.2 Å². The molecule has 0 aromatic carbocycles. The smallest absolute Gasteiger partial charge is 0.371 e. The van der Waals surface area contributed by atoms with E-state index in [1.54, 1.807) is 0 Å². The first-order chi connectivity index (χ1) is 8.68. The van der Waals surface area contributed by atoms with Gasteiger partial charge in [-0.2, -0.15) is 13.2 Å². The third kappa shape index (κ3) is 7.09. The molecule has 114 valence electrons. The number of piperidine rings is 1. The van der Waals surface area contributed by atoms with E-state index < -0.39 is 22.8 Å². The Balaban J connectivity index is 2.10. The fourth-order valence-electron chi connectivity index (χ4n) is 1.91. The van der Waals surface area contributed by atoms with Crippen LogP contribution in [0.5, 0.6) is 0 Å². The Bertz CT molecular complexity index is 365. The molecule has 1 aliphatic rings. The number of sulfonamides is 1. The van der Waals surface area contributed by atoms with Gasteiger partial charge in [-0.3, -0.25) is 0 Å². The molecule has 1 N–H and O–H groups in total. The van der Waals surface area contributed by atoms with Gasteiger partial charge in [-0.25, -0.2) is 12.7 Å². The standard InChI is InChI=1S/C10H19F3N2O3S/c1-19(16,17)15-5-2-9(3-6-15)14-4-7-18-8-10(11,12)13/h9,14H,2-8H2,1H3. The number of alkyl halides is 3. The average Bonchev–Trinajstić information content (AvgIpc) is 2.26. The van der Waals surface area contributed by atoms with Crippen molar-refractivity contribution < 1.29 is 26.3 Å². The van der Waals surface area contributed by atoms with Gasteiger partial charge in [0.1, 0.15) is 6.61 Å². The van der Waals surface area contributed by atoms with Crippen LogP contribution < -0.4 is 5.32 Å². The molecule has 9 heteroatoms. The summed E-state index contributed by atoms with van der Waals surface area (Å²) in [6.07, 6.45) is -1.80. The van der Waals surface area contributed by atoms with Crippen molar-refractivity contribution in [2.75, 3.05) is 39.1 Å². The van der Waals surface area contributed by atoms with Gasteiger partial charge in [0.05, 0.1) is 12.9 Å². The first-order valence-corrected chi connectivity index (χ1v) is 7.86. The van der Waals surface area contributed by atoms with E-state index in [2.05, 4.69) is 10.1 Å². The van der Waals surface area contributed by atoms with E-state index in [4.69, 9.17) is 0 Å². The lowest BCUT2D eigenvalue weighted by molar-refractivity contribution is -0.173. The van der Waals surface area contributed by atoms with Gasteiger partial charge in [0.15, 0.2) is 0 Å². The monoisotopic (exact) mass is 304 g/mol. The van der Waals surface area contributed by atoms with Crippen molar-refractivity contribution in [2.45, 2.75) is 25.1 Å². The summed E-state index contributed by atoms with van der Waals surface area (Å²) in [4.78, 5) is 0. The van der Waals surface area contributed by atoms with Crippen molar-refractivity contribution in [1.29, 1.82) is 0 Å². The van der Waals surface area contributed by atoms with Crippen LogP contribution in [0.1, 0.15) is 12.8 Å². The second-order valence-corrected chi connectivity index (χ2v) is 6.54. The molecule has 19 heavy (non-hydrogen) atoms. The van der Waals surface area contributed by atoms with Gasteiger partial charge in [-0.05, 0) is 12.8 Å². The fourth-order valence-corrected chi connectivity index (χ4v) is 2.79. The summed E-state index contributed by atoms with van der Waals surface area (Å²) in [6.45, 7) is -0.0214. The zero-order valence-electron chi connectivity index (χ0n) is 10.7. The Labute approximate surface area is 111 Å². The molecule has 0 radical (unpaired) electrons. The first-order valence-electron chi connectivity index (χ1n) is 6.01. The van der Waals surface area contributed by atoms with E-state index in [0.29, 0.717) is 32.5 Å². The number of halogens is 3. The van der Waals surface area contributed by atoms with Crippen LogP contribution >= 0.6 is 0 Å². The highest BCUT2D eigenvalue weighted by atomic mass is 32.2. The highest BCUT2D eigenvalue weighted by Gasteiger charge is 2.27. The Hall–Kier alpha value is -0.380. The number of hydrogen-bond acceptors (Lipinski definition) is 4. The first kappa shape index (κ1) is 16.7. The molecule has 0 unspecified atom stereocenters. The molecule has 1 rings (SSSR count). The minimum absolute atomic E-state index is 0.00813. The second-order valence-electron chi connectivity index (χ2n) is 4.56. The Morgan fingerprint density at radius 3 is 2.37 bits per heavy atom. The summed E-state index contributed by atoms with van der Waals surface area (Å²) in [7, 11) is -3.14. The van der Waals surface area contributed by atoms with Gasteiger partial charge < -0.3 is 10.1 Å². The van der Waals surface area contributed by atoms with E-state index in [1.807, 2.05) is 0 Å². The summed E-state index contributed by atoms with van der Waals surface area (Å²) in [5.41, 5.74) is 0. The molecule has 0 aromatic rings. The van der Waals surface area contributed by atoms with Gasteiger partial charge in [-0.1, -0.05) is 0 Å². The molecule has 0 atom stereocenters. The van der Waals surface area contributed by atoms with Gasteiger partial charge in [0.25, 0.3) is 0 Å². The van der Waals surface area contributed by atoms with Crippen LogP contribution in [0.3, 0.4) is 0 Å². The molecule has 0 spiro atoms. The van der Waals surface area contributed by atoms with Gasteiger partial charge in [0, 0.05) is 25.7 Å². The minimum Gasteiger partial charge on any atom is -0.371 e. The molecule has 5 nitrogen and oxygen atoms in total. The van der Waals surface area contributed by atoms with Crippen molar-refractivity contribution >= 4 is 10.0 Å². The zero-order valence-corrected chi connectivity index (χ0v) is 11.6. The van der Waals surface area contributed by atoms with Crippen LogP contribution in [0.15, 0.2) is 0 Å². The zero-order chi connectivity index (χ0) is 14.5. The molecule has 1 aliphatic heterocycles. The molecule has 1 fully saturated rings. The van der Waals surface area contributed by atoms with E-state index in [9.17, 15) is 21.6 Å². The Morgan fingerprint density at radius 1 is 1.32 bits per heavy atom. The van der Waals surface area contributed by atoms with Crippen LogP contribution in [-0.4, -0.2) is 64.0 Å². The van der Waals surface area contributed by atoms with E-state index in [1.165, 1.54) is 10.6 Å². The molecule has 0 aliphatic carbocycles. The SMILES string of the molecule is CS(=O)(=O)N1CCC(NCCOCC(F)(F)F)CC1. The molecular weight excluding hydrogens is 285 g/mol. The van der Waals surface area contributed by atoms with Crippen molar-refractivity contribution in [2.24, 2.45) is 0 Å². The molecule has 0 saturated carbocycles. The van der Waals surface area contributed by atoms with Crippen molar-refractivity contribution in [1.82, 2.24) is 9.62 Å². The number of ether oxygens (including phenoxy) is 1. The maximum absolute atomic E-state index is 11.8. The predicted molar refractivity (Wildman–Crippen MR) is 64.3 cm³/mol. The predicted octanol–water partition coefficient (Wildman–Crippen LogP) is 0.579. The summed E-state index contributed by atoms with van der Waals surface area (Å²) in [6, 6.07) is 0.132. The number of nitrogens with one attached hydrogen (secondary N) is 1. The summed E-state index contributed by atoms with van der Waals surface area (Å²) >= 11 is 0. The average molecular weight is 304 g/mol. The van der Waals surface area contributed by atoms with Crippen molar-refractivity contribution in [3.63, 3.8) is 0 Å². The van der Waals surface area contributed by atoms with Gasteiger partial charge >= 0.3 is 6.18 Å². The quantitative estimate of drug-likeness (QED) is 0.729.